The summed E-state index contributed by atoms with van der Waals surface area (Å²) in [6.07, 6.45) is 0. The Balaban J connectivity index is 2.21. The van der Waals surface area contributed by atoms with E-state index in [2.05, 4.69) is 15.2 Å². The van der Waals surface area contributed by atoms with Crippen LogP contribution < -0.4 is 16.2 Å². The summed E-state index contributed by atoms with van der Waals surface area (Å²) in [6.45, 7) is 1.88. The van der Waals surface area contributed by atoms with E-state index in [0.29, 0.717) is 17.4 Å². The molecule has 0 saturated heterocycles. The van der Waals surface area contributed by atoms with Gasteiger partial charge in [0.05, 0.1) is 5.69 Å². The molecule has 2 heterocycles. The van der Waals surface area contributed by atoms with Crippen LogP contribution in [0.5, 0.6) is 11.8 Å². The van der Waals surface area contributed by atoms with Crippen molar-refractivity contribution in [2.24, 2.45) is 0 Å². The quantitative estimate of drug-likeness (QED) is 0.680. The average Bonchev–Trinajstić information content (AvgIpc) is 2.58. The molecular weight excluding hydrogens is 194 g/mol. The van der Waals surface area contributed by atoms with Crippen LogP contribution in [0.25, 0.3) is 0 Å². The molecule has 2 aromatic heterocycles. The van der Waals surface area contributed by atoms with Crippen molar-refractivity contribution in [2.75, 3.05) is 11.5 Å². The minimum absolute atomic E-state index is 0.250. The second-order valence-corrected chi connectivity index (χ2v) is 3.12. The maximum Gasteiger partial charge on any atom is 0.240 e. The molecule has 0 fully saturated rings. The third-order valence-electron chi connectivity index (χ3n) is 1.82. The first-order chi connectivity index (χ1) is 7.15. The number of hydrogen-bond donors (Lipinski definition) is 3. The number of nitrogens with two attached hydrogens (primary N) is 2. The summed E-state index contributed by atoms with van der Waals surface area (Å²) in [5.74, 6) is 1.07. The molecule has 0 spiro atoms. The summed E-state index contributed by atoms with van der Waals surface area (Å²) < 4.78 is 5.35. The highest BCUT2D eigenvalue weighted by Crippen LogP contribution is 2.21. The minimum Gasteiger partial charge on any atom is -0.419 e. The Hall–Kier alpha value is -2.24. The summed E-state index contributed by atoms with van der Waals surface area (Å²) in [6, 6.07) is 5.03. The van der Waals surface area contributed by atoms with Crippen molar-refractivity contribution >= 4 is 11.5 Å². The van der Waals surface area contributed by atoms with Crippen LogP contribution in [0.4, 0.5) is 11.5 Å². The lowest BCUT2D eigenvalue weighted by Crippen LogP contribution is -1.98. The predicted molar refractivity (Wildman–Crippen MR) is 56.5 cm³/mol. The van der Waals surface area contributed by atoms with E-state index in [4.69, 9.17) is 16.2 Å². The van der Waals surface area contributed by atoms with Crippen LogP contribution in [0.1, 0.15) is 5.69 Å². The van der Waals surface area contributed by atoms with E-state index in [1.807, 2.05) is 6.92 Å². The molecular formula is C9H11N5O. The second-order valence-electron chi connectivity index (χ2n) is 3.12. The van der Waals surface area contributed by atoms with Gasteiger partial charge in [-0.15, -0.1) is 5.10 Å². The number of nitrogens with one attached hydrogen (secondary N) is 1. The zero-order valence-electron chi connectivity index (χ0n) is 8.19. The highest BCUT2D eigenvalue weighted by Gasteiger charge is 2.03. The van der Waals surface area contributed by atoms with Crippen LogP contribution in [0.3, 0.4) is 0 Å². The van der Waals surface area contributed by atoms with Crippen molar-refractivity contribution in [3.63, 3.8) is 0 Å². The van der Waals surface area contributed by atoms with Gasteiger partial charge in [0.1, 0.15) is 0 Å². The van der Waals surface area contributed by atoms with E-state index >= 15 is 0 Å². The summed E-state index contributed by atoms with van der Waals surface area (Å²) in [4.78, 5) is 3.95. The smallest absolute Gasteiger partial charge is 0.240 e. The average molecular weight is 205 g/mol. The van der Waals surface area contributed by atoms with Crippen LogP contribution >= 0.6 is 0 Å². The first-order valence-electron chi connectivity index (χ1n) is 4.37. The number of nitrogens with zero attached hydrogens (tertiary/aromatic N) is 2. The Kier molecular flexibility index (Phi) is 2.17. The van der Waals surface area contributed by atoms with Crippen LogP contribution in [-0.2, 0) is 0 Å². The van der Waals surface area contributed by atoms with E-state index in [0.717, 1.165) is 5.69 Å². The highest BCUT2D eigenvalue weighted by atomic mass is 16.5. The first-order valence-corrected chi connectivity index (χ1v) is 4.37. The van der Waals surface area contributed by atoms with Gasteiger partial charge < -0.3 is 16.2 Å². The van der Waals surface area contributed by atoms with Crippen molar-refractivity contribution in [1.82, 2.24) is 15.2 Å². The molecule has 0 saturated carbocycles. The van der Waals surface area contributed by atoms with E-state index < -0.39 is 0 Å². The normalized spacial score (nSPS) is 10.2. The summed E-state index contributed by atoms with van der Waals surface area (Å²) >= 11 is 0. The third kappa shape index (κ3) is 1.98. The molecule has 0 aromatic carbocycles. The molecule has 2 rings (SSSR count). The fourth-order valence-corrected chi connectivity index (χ4v) is 1.08. The summed E-state index contributed by atoms with van der Waals surface area (Å²) in [5, 5.41) is 6.66. The van der Waals surface area contributed by atoms with E-state index in [-0.39, 0.29) is 5.82 Å². The van der Waals surface area contributed by atoms with Gasteiger partial charge in [-0.25, -0.2) is 0 Å². The van der Waals surface area contributed by atoms with Crippen molar-refractivity contribution in [1.29, 1.82) is 0 Å². The lowest BCUT2D eigenvalue weighted by Gasteiger charge is -2.03. The van der Waals surface area contributed by atoms with Gasteiger partial charge in [-0.2, -0.15) is 4.98 Å². The summed E-state index contributed by atoms with van der Waals surface area (Å²) in [7, 11) is 0. The first kappa shape index (κ1) is 9.32. The Morgan fingerprint density at radius 3 is 2.67 bits per heavy atom. The van der Waals surface area contributed by atoms with E-state index in [1.165, 1.54) is 0 Å². The minimum atomic E-state index is 0.250. The number of anilines is 2. The zero-order chi connectivity index (χ0) is 10.8. The third-order valence-corrected chi connectivity index (χ3v) is 1.82. The monoisotopic (exact) mass is 205 g/mol. The SMILES string of the molecule is Cc1cc(Oc2ccc(N)c(N)n2)n[nH]1. The molecule has 0 radical (unpaired) electrons. The number of pyridine rings is 1. The van der Waals surface area contributed by atoms with E-state index in [1.54, 1.807) is 18.2 Å². The van der Waals surface area contributed by atoms with Gasteiger partial charge >= 0.3 is 0 Å². The number of aromatic amines is 1. The lowest BCUT2D eigenvalue weighted by atomic mass is 10.4. The van der Waals surface area contributed by atoms with Gasteiger partial charge in [-0.1, -0.05) is 0 Å². The summed E-state index contributed by atoms with van der Waals surface area (Å²) in [5.41, 5.74) is 12.4. The fraction of sp³-hybridized carbons (Fsp3) is 0.111. The Labute approximate surface area is 86.3 Å². The Morgan fingerprint density at radius 2 is 2.07 bits per heavy atom. The van der Waals surface area contributed by atoms with E-state index in [9.17, 15) is 0 Å². The number of nitrogen functional groups attached to an aromatic ring is 2. The molecule has 6 heteroatoms. The molecule has 78 valence electrons. The molecule has 0 unspecified atom stereocenters. The highest BCUT2D eigenvalue weighted by molar-refractivity contribution is 5.58. The number of H-pyrrole nitrogens is 1. The molecule has 0 aliphatic heterocycles. The van der Waals surface area contributed by atoms with Crippen LogP contribution in [-0.4, -0.2) is 15.2 Å². The van der Waals surface area contributed by atoms with Gasteiger partial charge in [0.15, 0.2) is 5.82 Å². The second kappa shape index (κ2) is 3.49. The maximum atomic E-state index is 5.54. The zero-order valence-corrected chi connectivity index (χ0v) is 8.19. The number of ether oxygens (including phenoxy) is 1. The molecule has 6 nitrogen and oxygen atoms in total. The fourth-order valence-electron chi connectivity index (χ4n) is 1.08. The maximum absolute atomic E-state index is 5.54. The number of aryl methyl sites for hydroxylation is 1. The van der Waals surface area contributed by atoms with Crippen molar-refractivity contribution < 1.29 is 4.74 Å². The van der Waals surface area contributed by atoms with Crippen molar-refractivity contribution in [2.45, 2.75) is 6.92 Å². The Morgan fingerprint density at radius 1 is 1.27 bits per heavy atom. The molecule has 0 amide bonds. The molecule has 5 N–H and O–H groups in total. The van der Waals surface area contributed by atoms with Crippen molar-refractivity contribution in [3.05, 3.63) is 23.9 Å². The largest absolute Gasteiger partial charge is 0.419 e. The molecule has 15 heavy (non-hydrogen) atoms. The molecule has 2 aromatic rings. The van der Waals surface area contributed by atoms with Gasteiger partial charge in [-0.05, 0) is 13.0 Å². The van der Waals surface area contributed by atoms with Crippen LogP contribution in [0, 0.1) is 6.92 Å². The number of rotatable bonds is 2. The standard InChI is InChI=1S/C9H11N5O/c1-5-4-8(14-13-5)15-7-3-2-6(10)9(11)12-7/h2-4H,10H2,1H3,(H2,11,12)(H,13,14). The van der Waals surface area contributed by atoms with Gasteiger partial charge in [-0.3, -0.25) is 5.10 Å². The van der Waals surface area contributed by atoms with Gasteiger partial charge in [0.2, 0.25) is 11.8 Å². The molecule has 0 aliphatic carbocycles. The van der Waals surface area contributed by atoms with Crippen LogP contribution in [0.2, 0.25) is 0 Å². The number of hydrogen-bond acceptors (Lipinski definition) is 5. The molecule has 0 aliphatic rings. The number of aromatic nitrogens is 3. The molecule has 0 bridgehead atoms. The van der Waals surface area contributed by atoms with Crippen LogP contribution in [0.15, 0.2) is 18.2 Å². The topological polar surface area (TPSA) is 103 Å². The lowest BCUT2D eigenvalue weighted by molar-refractivity contribution is 0.444. The molecule has 0 atom stereocenters. The predicted octanol–water partition coefficient (Wildman–Crippen LogP) is 1.07. The van der Waals surface area contributed by atoms with Gasteiger partial charge in [0.25, 0.3) is 0 Å². The van der Waals surface area contributed by atoms with Gasteiger partial charge in [0, 0.05) is 17.8 Å². The Bertz CT molecular complexity index is 479. The van der Waals surface area contributed by atoms with Crippen molar-refractivity contribution in [3.8, 4) is 11.8 Å².